The highest BCUT2D eigenvalue weighted by molar-refractivity contribution is 6.28. The normalized spacial score (nSPS) is 20.7. The number of rotatable bonds is 5. The van der Waals surface area contributed by atoms with Gasteiger partial charge in [-0.15, -0.1) is 0 Å². The first-order valence-electron chi connectivity index (χ1n) is 11.5. The molecule has 0 aromatic heterocycles. The summed E-state index contributed by atoms with van der Waals surface area (Å²) in [7, 11) is 0. The average Bonchev–Trinajstić information content (AvgIpc) is 3.11. The summed E-state index contributed by atoms with van der Waals surface area (Å²) < 4.78 is 4.97. The van der Waals surface area contributed by atoms with E-state index in [2.05, 4.69) is 5.32 Å². The van der Waals surface area contributed by atoms with Crippen molar-refractivity contribution in [1.29, 1.82) is 0 Å². The zero-order valence-corrected chi connectivity index (χ0v) is 18.7. The summed E-state index contributed by atoms with van der Waals surface area (Å²) in [6.07, 6.45) is 3.05. The summed E-state index contributed by atoms with van der Waals surface area (Å²) in [6.45, 7) is -1.15. The van der Waals surface area contributed by atoms with Crippen molar-refractivity contribution in [3.63, 3.8) is 0 Å². The third-order valence-corrected chi connectivity index (χ3v) is 6.79. The van der Waals surface area contributed by atoms with Crippen LogP contribution in [0.25, 0.3) is 0 Å². The number of nitrogens with zero attached hydrogens (tertiary/aromatic N) is 1. The van der Waals surface area contributed by atoms with Gasteiger partial charge in [0.05, 0.1) is 11.8 Å². The molecule has 5 rings (SSSR count). The first-order valence-corrected chi connectivity index (χ1v) is 11.5. The van der Waals surface area contributed by atoms with Gasteiger partial charge in [-0.05, 0) is 31.0 Å². The maximum Gasteiger partial charge on any atom is 0.326 e. The van der Waals surface area contributed by atoms with Crippen LogP contribution in [0.5, 0.6) is 0 Å². The lowest BCUT2D eigenvalue weighted by molar-refractivity contribution is -0.154. The van der Waals surface area contributed by atoms with E-state index >= 15 is 0 Å². The maximum atomic E-state index is 12.8. The van der Waals surface area contributed by atoms with Crippen molar-refractivity contribution in [3.05, 3.63) is 64.7 Å². The minimum absolute atomic E-state index is 0.177. The van der Waals surface area contributed by atoms with Crippen molar-refractivity contribution in [1.82, 2.24) is 4.90 Å². The number of anilines is 1. The molecule has 2 atom stereocenters. The molecule has 2 aromatic rings. The molecule has 35 heavy (non-hydrogen) atoms. The fraction of sp³-hybridized carbons (Fsp3) is 0.308. The minimum atomic E-state index is -0.858. The summed E-state index contributed by atoms with van der Waals surface area (Å²) in [5, 5.41) is 2.53. The second-order valence-electron chi connectivity index (χ2n) is 8.93. The molecule has 3 aliphatic rings. The van der Waals surface area contributed by atoms with E-state index in [9.17, 15) is 28.8 Å². The molecule has 2 aliphatic carbocycles. The monoisotopic (exact) mass is 474 g/mol. The molecule has 2 unspecified atom stereocenters. The third-order valence-electron chi connectivity index (χ3n) is 6.79. The van der Waals surface area contributed by atoms with Crippen LogP contribution in [0.4, 0.5) is 5.69 Å². The third kappa shape index (κ3) is 4.03. The number of carbonyl (C=O) groups is 6. The highest BCUT2D eigenvalue weighted by Gasteiger charge is 2.48. The summed E-state index contributed by atoms with van der Waals surface area (Å²) in [4.78, 5) is 75.9. The predicted octanol–water partition coefficient (Wildman–Crippen LogP) is 2.12. The van der Waals surface area contributed by atoms with Gasteiger partial charge in [0, 0.05) is 27.9 Å². The van der Waals surface area contributed by atoms with Gasteiger partial charge in [-0.25, -0.2) is 0 Å². The van der Waals surface area contributed by atoms with E-state index in [0.717, 1.165) is 17.7 Å². The smallest absolute Gasteiger partial charge is 0.326 e. The van der Waals surface area contributed by atoms with Crippen LogP contribution in [0.1, 0.15) is 57.5 Å². The molecule has 0 radical (unpaired) electrons. The molecule has 1 N–H and O–H groups in total. The molecule has 1 heterocycles. The van der Waals surface area contributed by atoms with Gasteiger partial charge in [0.15, 0.2) is 18.2 Å². The number of fused-ring (bicyclic) bond motifs is 3. The molecule has 0 spiro atoms. The van der Waals surface area contributed by atoms with Gasteiger partial charge >= 0.3 is 5.97 Å². The van der Waals surface area contributed by atoms with Gasteiger partial charge < -0.3 is 10.1 Å². The van der Waals surface area contributed by atoms with Crippen molar-refractivity contribution < 1.29 is 33.5 Å². The van der Waals surface area contributed by atoms with E-state index in [1.54, 1.807) is 24.3 Å². The fourth-order valence-electron chi connectivity index (χ4n) is 5.08. The zero-order chi connectivity index (χ0) is 24.7. The number of ketones is 2. The molecule has 0 bridgehead atoms. The summed E-state index contributed by atoms with van der Waals surface area (Å²) in [5.41, 5.74) is 1.32. The topological polar surface area (TPSA) is 127 Å². The van der Waals surface area contributed by atoms with Gasteiger partial charge in [0.1, 0.15) is 6.54 Å². The molecule has 3 amide bonds. The SMILES string of the molecule is O=C(COC(=O)CN1C(=O)C2CCCCC2C1=O)Nc1ccc2c(c1)C(=O)c1ccccc1C2=O. The average molecular weight is 474 g/mol. The van der Waals surface area contributed by atoms with Crippen LogP contribution in [0.2, 0.25) is 0 Å². The van der Waals surface area contributed by atoms with Gasteiger partial charge in [-0.1, -0.05) is 37.1 Å². The quantitative estimate of drug-likeness (QED) is 0.443. The van der Waals surface area contributed by atoms with Gasteiger partial charge in [-0.2, -0.15) is 0 Å². The van der Waals surface area contributed by atoms with Crippen molar-refractivity contribution in [3.8, 4) is 0 Å². The summed E-state index contributed by atoms with van der Waals surface area (Å²) >= 11 is 0. The Morgan fingerprint density at radius 2 is 1.40 bits per heavy atom. The first kappa shape index (κ1) is 22.6. The van der Waals surface area contributed by atoms with E-state index in [4.69, 9.17) is 4.74 Å². The molecule has 2 fully saturated rings. The van der Waals surface area contributed by atoms with Crippen LogP contribution in [0.15, 0.2) is 42.5 Å². The van der Waals surface area contributed by atoms with Gasteiger partial charge in [-0.3, -0.25) is 33.7 Å². The number of carbonyl (C=O) groups excluding carboxylic acids is 6. The van der Waals surface area contributed by atoms with Crippen LogP contribution in [-0.2, 0) is 23.9 Å². The van der Waals surface area contributed by atoms with Gasteiger partial charge in [0.25, 0.3) is 5.91 Å². The van der Waals surface area contributed by atoms with Crippen molar-refractivity contribution in [2.45, 2.75) is 25.7 Å². The zero-order valence-electron chi connectivity index (χ0n) is 18.7. The molecule has 9 nitrogen and oxygen atoms in total. The summed E-state index contributed by atoms with van der Waals surface area (Å²) in [6, 6.07) is 10.9. The van der Waals surface area contributed by atoms with Crippen LogP contribution in [-0.4, -0.2) is 53.3 Å². The number of ether oxygens (including phenoxy) is 1. The standard InChI is InChI=1S/C26H22N2O7/c29-21(13-35-22(30)12-28-25(33)18-7-3-4-8-19(18)26(28)34)27-14-9-10-17-20(11-14)24(32)16-6-2-1-5-15(16)23(17)31/h1-2,5-6,9-11,18-19H,3-4,7-8,12-13H2,(H,27,29). The minimum Gasteiger partial charge on any atom is -0.454 e. The number of imide groups is 1. The molecule has 1 saturated carbocycles. The lowest BCUT2D eigenvalue weighted by atomic mass is 9.81. The van der Waals surface area contributed by atoms with E-state index in [-0.39, 0.29) is 52.0 Å². The number of hydrogen-bond acceptors (Lipinski definition) is 7. The Labute approximate surface area is 200 Å². The Bertz CT molecular complexity index is 1270. The van der Waals surface area contributed by atoms with Gasteiger partial charge in [0.2, 0.25) is 11.8 Å². The Kier molecular flexibility index (Phi) is 5.76. The van der Waals surface area contributed by atoms with Crippen molar-refractivity contribution in [2.24, 2.45) is 11.8 Å². The lowest BCUT2D eigenvalue weighted by Crippen LogP contribution is -2.37. The fourth-order valence-corrected chi connectivity index (χ4v) is 5.08. The summed E-state index contributed by atoms with van der Waals surface area (Å²) in [5.74, 6) is -3.54. The van der Waals surface area contributed by atoms with Crippen LogP contribution in [0.3, 0.4) is 0 Å². The van der Waals surface area contributed by atoms with E-state index in [1.807, 2.05) is 0 Å². The number of amides is 3. The maximum absolute atomic E-state index is 12.8. The van der Waals surface area contributed by atoms with Crippen molar-refractivity contribution >= 4 is 40.9 Å². The first-order chi connectivity index (χ1) is 16.8. The second kappa shape index (κ2) is 8.90. The van der Waals surface area contributed by atoms with Crippen molar-refractivity contribution in [2.75, 3.05) is 18.5 Å². The van der Waals surface area contributed by atoms with Crippen LogP contribution < -0.4 is 5.32 Å². The molecule has 178 valence electrons. The molecule has 1 aliphatic heterocycles. The molecular formula is C26H22N2O7. The van der Waals surface area contributed by atoms with Crippen LogP contribution in [0, 0.1) is 11.8 Å². The number of hydrogen-bond donors (Lipinski definition) is 1. The molecular weight excluding hydrogens is 452 g/mol. The Hall–Kier alpha value is -4.14. The van der Waals surface area contributed by atoms with E-state index < -0.39 is 25.0 Å². The molecule has 1 saturated heterocycles. The highest BCUT2D eigenvalue weighted by atomic mass is 16.5. The number of likely N-dealkylation sites (tertiary alicyclic amines) is 1. The lowest BCUT2D eigenvalue weighted by Gasteiger charge is -2.19. The highest BCUT2D eigenvalue weighted by Crippen LogP contribution is 2.37. The number of esters is 1. The second-order valence-corrected chi connectivity index (χ2v) is 8.93. The van der Waals surface area contributed by atoms with E-state index in [1.165, 1.54) is 18.2 Å². The molecule has 2 aromatic carbocycles. The Balaban J connectivity index is 1.19. The van der Waals surface area contributed by atoms with E-state index in [0.29, 0.717) is 24.0 Å². The largest absolute Gasteiger partial charge is 0.454 e. The molecule has 9 heteroatoms. The van der Waals surface area contributed by atoms with Crippen LogP contribution >= 0.6 is 0 Å². The number of nitrogens with one attached hydrogen (secondary N) is 1. The Morgan fingerprint density at radius 1 is 0.829 bits per heavy atom. The predicted molar refractivity (Wildman–Crippen MR) is 122 cm³/mol. The Morgan fingerprint density at radius 3 is 2.03 bits per heavy atom. The number of benzene rings is 2.